The molecule has 1 rings (SSSR count). The molecule has 0 aromatic carbocycles. The molecule has 2 N–H and O–H groups in total. The molecule has 0 amide bonds. The van der Waals surface area contributed by atoms with Crippen LogP contribution in [0.15, 0.2) is 23.4 Å². The lowest BCUT2D eigenvalue weighted by atomic mass is 10.0. The summed E-state index contributed by atoms with van der Waals surface area (Å²) in [6, 6.07) is 3.40. The molecule has 5 nitrogen and oxygen atoms in total. The lowest BCUT2D eigenvalue weighted by Crippen LogP contribution is -2.40. The Hall–Kier alpha value is -0.790. The summed E-state index contributed by atoms with van der Waals surface area (Å²) in [5.74, 6) is 0. The first-order chi connectivity index (χ1) is 9.44. The van der Waals surface area contributed by atoms with Crippen molar-refractivity contribution >= 4 is 27.5 Å². The van der Waals surface area contributed by atoms with E-state index >= 15 is 0 Å². The van der Waals surface area contributed by atoms with Gasteiger partial charge in [0, 0.05) is 24.5 Å². The van der Waals surface area contributed by atoms with E-state index < -0.39 is 10.0 Å². The summed E-state index contributed by atoms with van der Waals surface area (Å²) in [7, 11) is -1.92. The minimum atomic E-state index is -3.60. The lowest BCUT2D eigenvalue weighted by molar-refractivity contribution is 0.521. The van der Waals surface area contributed by atoms with Crippen LogP contribution in [0.1, 0.15) is 26.7 Å². The van der Waals surface area contributed by atoms with E-state index in [1.54, 1.807) is 30.9 Å². The first kappa shape index (κ1) is 17.3. The summed E-state index contributed by atoms with van der Waals surface area (Å²) >= 11 is 1.70. The normalized spacial score (nSPS) is 12.4. The topological polar surface area (TPSA) is 71.1 Å². The highest BCUT2D eigenvalue weighted by molar-refractivity contribution is 8.00. The van der Waals surface area contributed by atoms with Crippen molar-refractivity contribution in [3.05, 3.63) is 18.3 Å². The van der Waals surface area contributed by atoms with E-state index in [9.17, 15) is 8.42 Å². The van der Waals surface area contributed by atoms with Gasteiger partial charge in [-0.2, -0.15) is 11.8 Å². The van der Waals surface area contributed by atoms with E-state index in [0.717, 1.165) is 12.8 Å². The molecule has 0 bridgehead atoms. The van der Waals surface area contributed by atoms with Crippen molar-refractivity contribution in [3.63, 3.8) is 0 Å². The number of aromatic nitrogens is 1. The highest BCUT2D eigenvalue weighted by atomic mass is 32.2. The molecule has 0 aliphatic heterocycles. The van der Waals surface area contributed by atoms with Gasteiger partial charge in [-0.1, -0.05) is 13.8 Å². The highest BCUT2D eigenvalue weighted by Crippen LogP contribution is 2.30. The smallest absolute Gasteiger partial charge is 0.260 e. The molecule has 0 atom stereocenters. The number of thioether (sulfide) groups is 1. The van der Waals surface area contributed by atoms with Gasteiger partial charge in [0.15, 0.2) is 5.03 Å². The first-order valence-electron chi connectivity index (χ1n) is 6.62. The van der Waals surface area contributed by atoms with Gasteiger partial charge < -0.3 is 5.32 Å². The van der Waals surface area contributed by atoms with Crippen LogP contribution in [0.3, 0.4) is 0 Å². The molecule has 1 aromatic rings. The number of rotatable bonds is 8. The Balaban J connectivity index is 2.96. The zero-order chi connectivity index (χ0) is 15.2. The van der Waals surface area contributed by atoms with E-state index in [-0.39, 0.29) is 9.77 Å². The number of sulfonamides is 1. The van der Waals surface area contributed by atoms with Gasteiger partial charge in [0.2, 0.25) is 0 Å². The Morgan fingerprint density at radius 2 is 2.00 bits per heavy atom. The average Bonchev–Trinajstić information content (AvgIpc) is 2.49. The molecule has 0 aliphatic rings. The number of hydrogen-bond acceptors (Lipinski definition) is 5. The third kappa shape index (κ3) is 3.86. The molecule has 1 aromatic heterocycles. The fraction of sp³-hybridized carbons (Fsp3) is 0.615. The summed E-state index contributed by atoms with van der Waals surface area (Å²) in [4.78, 5) is 3.98. The van der Waals surface area contributed by atoms with E-state index in [1.165, 1.54) is 6.20 Å². The Morgan fingerprint density at radius 3 is 2.50 bits per heavy atom. The van der Waals surface area contributed by atoms with Crippen LogP contribution < -0.4 is 10.0 Å². The van der Waals surface area contributed by atoms with Gasteiger partial charge in [0.05, 0.1) is 5.69 Å². The maximum absolute atomic E-state index is 12.4. The standard InChI is InChI=1S/C13H23N3O2S2/c1-5-13(6-2,19-4)10-16-20(17,18)12-11(14-3)8-7-9-15-12/h7-9,14,16H,5-6,10H2,1-4H3. The second-order valence-corrected chi connectivity index (χ2v) is 7.48. The molecular weight excluding hydrogens is 294 g/mol. The maximum atomic E-state index is 12.4. The zero-order valence-electron chi connectivity index (χ0n) is 12.4. The van der Waals surface area contributed by atoms with Crippen molar-refractivity contribution in [2.24, 2.45) is 0 Å². The summed E-state index contributed by atoms with van der Waals surface area (Å²) in [5.41, 5.74) is 0.503. The van der Waals surface area contributed by atoms with Crippen LogP contribution in [0.25, 0.3) is 0 Å². The molecule has 20 heavy (non-hydrogen) atoms. The molecule has 0 saturated heterocycles. The monoisotopic (exact) mass is 317 g/mol. The third-order valence-electron chi connectivity index (χ3n) is 3.60. The van der Waals surface area contributed by atoms with Gasteiger partial charge in [-0.05, 0) is 31.2 Å². The fourth-order valence-corrected chi connectivity index (χ4v) is 4.10. The van der Waals surface area contributed by atoms with Crippen LogP contribution in [0, 0.1) is 0 Å². The van der Waals surface area contributed by atoms with Crippen LogP contribution in [0.4, 0.5) is 5.69 Å². The van der Waals surface area contributed by atoms with E-state index in [0.29, 0.717) is 12.2 Å². The molecule has 7 heteroatoms. The number of pyridine rings is 1. The first-order valence-corrected chi connectivity index (χ1v) is 9.33. The van der Waals surface area contributed by atoms with Gasteiger partial charge in [0.1, 0.15) is 0 Å². The molecule has 1 heterocycles. The van der Waals surface area contributed by atoms with Crippen LogP contribution in [0.5, 0.6) is 0 Å². The van der Waals surface area contributed by atoms with Crippen molar-refractivity contribution in [2.45, 2.75) is 36.5 Å². The summed E-state index contributed by atoms with van der Waals surface area (Å²) in [6.07, 6.45) is 5.32. The zero-order valence-corrected chi connectivity index (χ0v) is 14.1. The molecule has 0 aliphatic carbocycles. The van der Waals surface area contributed by atoms with Crippen molar-refractivity contribution < 1.29 is 8.42 Å². The van der Waals surface area contributed by atoms with E-state index in [4.69, 9.17) is 0 Å². The molecule has 0 fully saturated rings. The van der Waals surface area contributed by atoms with Crippen LogP contribution in [-0.4, -0.2) is 38.0 Å². The molecule has 0 spiro atoms. The Kier molecular flexibility index (Phi) is 6.29. The Morgan fingerprint density at radius 1 is 1.35 bits per heavy atom. The number of nitrogens with zero attached hydrogens (tertiary/aromatic N) is 1. The maximum Gasteiger partial charge on any atom is 0.260 e. The third-order valence-corrected chi connectivity index (χ3v) is 6.55. The van der Waals surface area contributed by atoms with Gasteiger partial charge in [0.25, 0.3) is 10.0 Å². The lowest BCUT2D eigenvalue weighted by Gasteiger charge is -2.29. The van der Waals surface area contributed by atoms with Gasteiger partial charge >= 0.3 is 0 Å². The molecular formula is C13H23N3O2S2. The van der Waals surface area contributed by atoms with Crippen molar-refractivity contribution in [2.75, 3.05) is 25.2 Å². The highest BCUT2D eigenvalue weighted by Gasteiger charge is 2.28. The minimum Gasteiger partial charge on any atom is -0.386 e. The van der Waals surface area contributed by atoms with E-state index in [1.807, 2.05) is 6.26 Å². The molecule has 0 unspecified atom stereocenters. The van der Waals surface area contributed by atoms with Crippen molar-refractivity contribution in [1.82, 2.24) is 9.71 Å². The SMILES string of the molecule is CCC(CC)(CNS(=O)(=O)c1ncccc1NC)SC. The second kappa shape index (κ2) is 7.28. The molecule has 0 radical (unpaired) electrons. The van der Waals surface area contributed by atoms with Crippen molar-refractivity contribution in [1.29, 1.82) is 0 Å². The predicted octanol–water partition coefficient (Wildman–Crippen LogP) is 2.32. The minimum absolute atomic E-state index is 0.0460. The van der Waals surface area contributed by atoms with E-state index in [2.05, 4.69) is 28.9 Å². The summed E-state index contributed by atoms with van der Waals surface area (Å²) in [5, 5.41) is 2.90. The van der Waals surface area contributed by atoms with Crippen LogP contribution in [0.2, 0.25) is 0 Å². The quantitative estimate of drug-likeness (QED) is 0.770. The number of anilines is 1. The van der Waals surface area contributed by atoms with Gasteiger partial charge in [-0.25, -0.2) is 18.1 Å². The largest absolute Gasteiger partial charge is 0.386 e. The Labute approximate surface area is 126 Å². The summed E-state index contributed by atoms with van der Waals surface area (Å²) < 4.78 is 27.4. The second-order valence-electron chi connectivity index (χ2n) is 4.52. The van der Waals surface area contributed by atoms with Gasteiger partial charge in [-0.15, -0.1) is 0 Å². The van der Waals surface area contributed by atoms with Crippen LogP contribution in [-0.2, 0) is 10.0 Å². The van der Waals surface area contributed by atoms with Gasteiger partial charge in [-0.3, -0.25) is 0 Å². The van der Waals surface area contributed by atoms with Crippen molar-refractivity contribution in [3.8, 4) is 0 Å². The molecule has 0 saturated carbocycles. The predicted molar refractivity (Wildman–Crippen MR) is 85.8 cm³/mol. The molecule has 114 valence electrons. The number of hydrogen-bond donors (Lipinski definition) is 2. The van der Waals surface area contributed by atoms with Crippen LogP contribution >= 0.6 is 11.8 Å². The fourth-order valence-electron chi connectivity index (χ4n) is 1.95. The summed E-state index contributed by atoms with van der Waals surface area (Å²) in [6.45, 7) is 4.56. The number of nitrogens with one attached hydrogen (secondary N) is 2. The Bertz CT molecular complexity index is 520. The average molecular weight is 317 g/mol.